The molecule has 1 saturated heterocycles. The number of benzene rings is 2. The third-order valence-corrected chi connectivity index (χ3v) is 5.14. The first-order chi connectivity index (χ1) is 13.6. The number of aromatic nitrogens is 1. The molecule has 1 aliphatic heterocycles. The summed E-state index contributed by atoms with van der Waals surface area (Å²) in [5, 5.41) is 0.503. The van der Waals surface area contributed by atoms with Crippen molar-refractivity contribution in [3.8, 4) is 0 Å². The van der Waals surface area contributed by atoms with E-state index in [2.05, 4.69) is 29.2 Å². The van der Waals surface area contributed by atoms with Gasteiger partial charge < -0.3 is 15.0 Å². The molecule has 1 aliphatic rings. The van der Waals surface area contributed by atoms with E-state index in [0.717, 1.165) is 43.9 Å². The fraction of sp³-hybridized carbons (Fsp3) is 0.273. The number of carbonyl (C=O) groups is 1. The second-order valence-electron chi connectivity index (χ2n) is 7.09. The summed E-state index contributed by atoms with van der Waals surface area (Å²) in [6.45, 7) is 4.97. The van der Waals surface area contributed by atoms with Crippen molar-refractivity contribution in [2.75, 3.05) is 26.3 Å². The maximum absolute atomic E-state index is 12.5. The van der Waals surface area contributed by atoms with E-state index in [9.17, 15) is 9.59 Å². The summed E-state index contributed by atoms with van der Waals surface area (Å²) in [7, 11) is 0. The molecular weight excluding hydrogens is 390 g/mol. The van der Waals surface area contributed by atoms with Gasteiger partial charge in [-0.15, -0.1) is 12.4 Å². The molecule has 7 heteroatoms. The second-order valence-corrected chi connectivity index (χ2v) is 7.09. The van der Waals surface area contributed by atoms with Gasteiger partial charge in [-0.25, -0.2) is 0 Å². The average molecular weight is 414 g/mol. The molecule has 1 amide bonds. The second kappa shape index (κ2) is 9.22. The summed E-state index contributed by atoms with van der Waals surface area (Å²) in [4.78, 5) is 26.6. The molecule has 0 atom stereocenters. The summed E-state index contributed by atoms with van der Waals surface area (Å²) in [6, 6.07) is 15.7. The van der Waals surface area contributed by atoms with Gasteiger partial charge in [-0.2, -0.15) is 0 Å². The summed E-state index contributed by atoms with van der Waals surface area (Å²) < 4.78 is 7.30. The number of nitrogens with zero attached hydrogens (tertiary/aromatic N) is 2. The molecule has 2 aromatic carbocycles. The lowest BCUT2D eigenvalue weighted by molar-refractivity contribution is 0.0342. The Labute approximate surface area is 175 Å². The molecule has 3 aromatic rings. The Bertz CT molecular complexity index is 1060. The average Bonchev–Trinajstić information content (AvgIpc) is 2.72. The molecule has 6 nitrogen and oxygen atoms in total. The number of carbonyl (C=O) groups excluding carboxylic acids is 1. The largest absolute Gasteiger partial charge is 0.379 e. The van der Waals surface area contributed by atoms with Gasteiger partial charge in [0.05, 0.1) is 18.7 Å². The van der Waals surface area contributed by atoms with E-state index in [4.69, 9.17) is 10.5 Å². The van der Waals surface area contributed by atoms with Crippen LogP contribution in [0.4, 0.5) is 0 Å². The maximum atomic E-state index is 12.5. The zero-order valence-electron chi connectivity index (χ0n) is 16.0. The Balaban J connectivity index is 0.00000240. The number of fused-ring (bicyclic) bond motifs is 1. The summed E-state index contributed by atoms with van der Waals surface area (Å²) in [5.41, 5.74) is 8.25. The van der Waals surface area contributed by atoms with Crippen LogP contribution in [0.25, 0.3) is 10.9 Å². The molecule has 0 saturated carbocycles. The highest BCUT2D eigenvalue weighted by Crippen LogP contribution is 2.15. The lowest BCUT2D eigenvalue weighted by Crippen LogP contribution is -2.35. The number of nitrogens with two attached hydrogens (primary N) is 1. The molecule has 2 N–H and O–H groups in total. The van der Waals surface area contributed by atoms with Crippen LogP contribution in [0.2, 0.25) is 0 Å². The number of primary amides is 1. The number of halogens is 1. The van der Waals surface area contributed by atoms with Crippen molar-refractivity contribution >= 4 is 29.2 Å². The van der Waals surface area contributed by atoms with Gasteiger partial charge in [0.15, 0.2) is 0 Å². The fourth-order valence-electron chi connectivity index (χ4n) is 3.62. The smallest absolute Gasteiger partial charge is 0.254 e. The van der Waals surface area contributed by atoms with Crippen LogP contribution in [0.5, 0.6) is 0 Å². The Hall–Kier alpha value is -2.67. The van der Waals surface area contributed by atoms with E-state index < -0.39 is 5.91 Å². The Morgan fingerprint density at radius 3 is 2.24 bits per heavy atom. The van der Waals surface area contributed by atoms with Crippen molar-refractivity contribution in [3.05, 3.63) is 81.6 Å². The van der Waals surface area contributed by atoms with E-state index in [-0.39, 0.29) is 23.4 Å². The summed E-state index contributed by atoms with van der Waals surface area (Å²) in [5.74, 6) is -0.703. The molecule has 0 spiro atoms. The van der Waals surface area contributed by atoms with Crippen LogP contribution in [0.1, 0.15) is 21.5 Å². The number of hydrogen-bond donors (Lipinski definition) is 1. The SMILES string of the molecule is Cl.NC(=O)c1cn(Cc2ccc(CN3CCOCC3)cc2)c2ccccc2c1=O. The van der Waals surface area contributed by atoms with Crippen molar-refractivity contribution in [1.29, 1.82) is 0 Å². The number of rotatable bonds is 5. The van der Waals surface area contributed by atoms with Crippen LogP contribution in [0.15, 0.2) is 59.5 Å². The lowest BCUT2D eigenvalue weighted by Gasteiger charge is -2.26. The van der Waals surface area contributed by atoms with Crippen LogP contribution < -0.4 is 11.2 Å². The first-order valence-electron chi connectivity index (χ1n) is 9.42. The monoisotopic (exact) mass is 413 g/mol. The van der Waals surface area contributed by atoms with E-state index in [1.54, 1.807) is 18.3 Å². The van der Waals surface area contributed by atoms with Crippen molar-refractivity contribution in [1.82, 2.24) is 9.47 Å². The molecule has 1 aromatic heterocycles. The predicted octanol–water partition coefficient (Wildman–Crippen LogP) is 2.40. The minimum absolute atomic E-state index is 0. The molecule has 0 bridgehead atoms. The minimum Gasteiger partial charge on any atom is -0.379 e. The van der Waals surface area contributed by atoms with Crippen molar-refractivity contribution in [2.45, 2.75) is 13.1 Å². The third-order valence-electron chi connectivity index (χ3n) is 5.14. The lowest BCUT2D eigenvalue weighted by atomic mass is 10.1. The number of ether oxygens (including phenoxy) is 1. The maximum Gasteiger partial charge on any atom is 0.254 e. The number of pyridine rings is 1. The van der Waals surface area contributed by atoms with Gasteiger partial charge in [0.2, 0.25) is 5.43 Å². The van der Waals surface area contributed by atoms with E-state index in [1.165, 1.54) is 5.56 Å². The molecule has 0 aliphatic carbocycles. The zero-order chi connectivity index (χ0) is 19.5. The Kier molecular flexibility index (Phi) is 6.69. The molecule has 1 fully saturated rings. The minimum atomic E-state index is -0.703. The van der Waals surface area contributed by atoms with Crippen LogP contribution in [-0.2, 0) is 17.8 Å². The Morgan fingerprint density at radius 1 is 0.966 bits per heavy atom. The number of amides is 1. The van der Waals surface area contributed by atoms with Crippen molar-refractivity contribution in [3.63, 3.8) is 0 Å². The third kappa shape index (κ3) is 4.67. The van der Waals surface area contributed by atoms with Crippen molar-refractivity contribution < 1.29 is 9.53 Å². The van der Waals surface area contributed by atoms with E-state index in [0.29, 0.717) is 11.9 Å². The molecule has 29 heavy (non-hydrogen) atoms. The fourth-order valence-corrected chi connectivity index (χ4v) is 3.62. The highest BCUT2D eigenvalue weighted by atomic mass is 35.5. The van der Waals surface area contributed by atoms with Gasteiger partial charge in [-0.3, -0.25) is 14.5 Å². The zero-order valence-corrected chi connectivity index (χ0v) is 16.9. The van der Waals surface area contributed by atoms with Gasteiger partial charge in [0, 0.05) is 37.8 Å². The predicted molar refractivity (Wildman–Crippen MR) is 116 cm³/mol. The van der Waals surface area contributed by atoms with E-state index in [1.807, 2.05) is 16.7 Å². The van der Waals surface area contributed by atoms with Crippen molar-refractivity contribution in [2.24, 2.45) is 5.73 Å². The normalized spacial score (nSPS) is 14.5. The van der Waals surface area contributed by atoms with Gasteiger partial charge >= 0.3 is 0 Å². The van der Waals surface area contributed by atoms with Gasteiger partial charge in [0.1, 0.15) is 5.56 Å². The highest BCUT2D eigenvalue weighted by molar-refractivity contribution is 5.96. The van der Waals surface area contributed by atoms with E-state index >= 15 is 0 Å². The van der Waals surface area contributed by atoms with Crippen LogP contribution in [0, 0.1) is 0 Å². The number of morpholine rings is 1. The first-order valence-corrected chi connectivity index (χ1v) is 9.42. The van der Waals surface area contributed by atoms with Crippen LogP contribution in [0.3, 0.4) is 0 Å². The van der Waals surface area contributed by atoms with Gasteiger partial charge in [0.25, 0.3) is 5.91 Å². The molecular formula is C22H24ClN3O3. The number of hydrogen-bond acceptors (Lipinski definition) is 4. The highest BCUT2D eigenvalue weighted by Gasteiger charge is 2.13. The van der Waals surface area contributed by atoms with Gasteiger partial charge in [-0.05, 0) is 23.3 Å². The molecule has 0 unspecified atom stereocenters. The summed E-state index contributed by atoms with van der Waals surface area (Å²) in [6.07, 6.45) is 1.56. The standard InChI is InChI=1S/C22H23N3O3.ClH/c23-22(27)19-15-25(20-4-2-1-3-18(20)21(19)26)14-17-7-5-16(6-8-17)13-24-9-11-28-12-10-24;/h1-8,15H,9-14H2,(H2,23,27);1H. The number of para-hydroxylation sites is 1. The molecule has 152 valence electrons. The molecule has 0 radical (unpaired) electrons. The quantitative estimate of drug-likeness (QED) is 0.696. The van der Waals surface area contributed by atoms with Gasteiger partial charge in [-0.1, -0.05) is 36.4 Å². The summed E-state index contributed by atoms with van der Waals surface area (Å²) >= 11 is 0. The molecule has 4 rings (SSSR count). The topological polar surface area (TPSA) is 77.6 Å². The van der Waals surface area contributed by atoms with Crippen LogP contribution >= 0.6 is 12.4 Å². The van der Waals surface area contributed by atoms with Crippen LogP contribution in [-0.4, -0.2) is 41.7 Å². The Morgan fingerprint density at radius 2 is 1.59 bits per heavy atom. The first kappa shape index (κ1) is 21.0. The molecule has 2 heterocycles.